The first kappa shape index (κ1) is 13.3. The number of phenolic OH excluding ortho intramolecular Hbond substituents is 1. The number of rotatable bonds is 2. The quantitative estimate of drug-likeness (QED) is 0.853. The van der Waals surface area contributed by atoms with Gasteiger partial charge in [-0.25, -0.2) is 0 Å². The molecule has 0 radical (unpaired) electrons. The van der Waals surface area contributed by atoms with Crippen molar-refractivity contribution in [2.45, 2.75) is 39.2 Å². The van der Waals surface area contributed by atoms with E-state index in [4.69, 9.17) is 4.74 Å². The van der Waals surface area contributed by atoms with Gasteiger partial charge in [0.2, 0.25) is 0 Å². The zero-order valence-corrected chi connectivity index (χ0v) is 12.2. The van der Waals surface area contributed by atoms with Crippen molar-refractivity contribution in [3.8, 4) is 11.5 Å². The molecule has 3 rings (SSSR count). The van der Waals surface area contributed by atoms with Crippen molar-refractivity contribution in [1.29, 1.82) is 0 Å². The summed E-state index contributed by atoms with van der Waals surface area (Å²) in [6, 6.07) is 11.8. The van der Waals surface area contributed by atoms with Gasteiger partial charge >= 0.3 is 0 Å². The number of benzene rings is 2. The van der Waals surface area contributed by atoms with Crippen molar-refractivity contribution < 1.29 is 9.84 Å². The zero-order chi connectivity index (χ0) is 14.1. The van der Waals surface area contributed by atoms with E-state index in [2.05, 4.69) is 13.8 Å². The normalized spacial score (nSPS) is 26.6. The SMILES string of the molecule is CC1CC(C)CC(Oc2cc3ccccc3cc2O)C1. The van der Waals surface area contributed by atoms with Crippen molar-refractivity contribution in [1.82, 2.24) is 0 Å². The highest BCUT2D eigenvalue weighted by molar-refractivity contribution is 5.85. The zero-order valence-electron chi connectivity index (χ0n) is 12.2. The van der Waals surface area contributed by atoms with Gasteiger partial charge in [0.1, 0.15) is 0 Å². The molecule has 2 aromatic rings. The second-order valence-electron chi connectivity index (χ2n) is 6.32. The van der Waals surface area contributed by atoms with E-state index in [9.17, 15) is 5.11 Å². The molecule has 1 fully saturated rings. The molecular weight excluding hydrogens is 248 g/mol. The maximum absolute atomic E-state index is 10.1. The van der Waals surface area contributed by atoms with Crippen LogP contribution in [0, 0.1) is 11.8 Å². The first-order valence-corrected chi connectivity index (χ1v) is 7.50. The number of aromatic hydroxyl groups is 1. The summed E-state index contributed by atoms with van der Waals surface area (Å²) in [5.74, 6) is 2.27. The Morgan fingerprint density at radius 1 is 0.950 bits per heavy atom. The van der Waals surface area contributed by atoms with Crippen LogP contribution < -0.4 is 4.74 Å². The van der Waals surface area contributed by atoms with E-state index in [1.54, 1.807) is 6.07 Å². The summed E-state index contributed by atoms with van der Waals surface area (Å²) in [6.45, 7) is 4.57. The van der Waals surface area contributed by atoms with Crippen LogP contribution in [0.4, 0.5) is 0 Å². The lowest BCUT2D eigenvalue weighted by Crippen LogP contribution is -2.28. The number of fused-ring (bicyclic) bond motifs is 1. The molecule has 1 saturated carbocycles. The van der Waals surface area contributed by atoms with E-state index in [1.807, 2.05) is 30.3 Å². The fourth-order valence-corrected chi connectivity index (χ4v) is 3.45. The average molecular weight is 270 g/mol. The summed E-state index contributed by atoms with van der Waals surface area (Å²) in [5, 5.41) is 12.3. The molecule has 0 amide bonds. The molecule has 1 aliphatic rings. The fourth-order valence-electron chi connectivity index (χ4n) is 3.45. The highest BCUT2D eigenvalue weighted by Gasteiger charge is 2.25. The molecule has 1 aliphatic carbocycles. The Bertz CT molecular complexity index is 595. The molecule has 2 nitrogen and oxygen atoms in total. The number of hydrogen-bond donors (Lipinski definition) is 1. The van der Waals surface area contributed by atoms with Crippen LogP contribution in [0.1, 0.15) is 33.1 Å². The highest BCUT2D eigenvalue weighted by Crippen LogP contribution is 2.36. The average Bonchev–Trinajstić information content (AvgIpc) is 2.38. The van der Waals surface area contributed by atoms with E-state index in [0.29, 0.717) is 17.6 Å². The monoisotopic (exact) mass is 270 g/mol. The molecule has 0 saturated heterocycles. The third-order valence-electron chi connectivity index (χ3n) is 4.26. The molecule has 2 unspecified atom stereocenters. The smallest absolute Gasteiger partial charge is 0.161 e. The maximum Gasteiger partial charge on any atom is 0.161 e. The summed E-state index contributed by atoms with van der Waals surface area (Å²) in [4.78, 5) is 0. The third-order valence-corrected chi connectivity index (χ3v) is 4.26. The topological polar surface area (TPSA) is 29.5 Å². The lowest BCUT2D eigenvalue weighted by molar-refractivity contribution is 0.0983. The van der Waals surface area contributed by atoms with Crippen LogP contribution in [0.5, 0.6) is 11.5 Å². The fraction of sp³-hybridized carbons (Fsp3) is 0.444. The number of hydrogen-bond acceptors (Lipinski definition) is 2. The first-order chi connectivity index (χ1) is 9.61. The van der Waals surface area contributed by atoms with Crippen LogP contribution in [-0.2, 0) is 0 Å². The minimum absolute atomic E-state index is 0.223. The summed E-state index contributed by atoms with van der Waals surface area (Å²) in [7, 11) is 0. The molecule has 0 aliphatic heterocycles. The van der Waals surface area contributed by atoms with Gasteiger partial charge in [-0.2, -0.15) is 0 Å². The van der Waals surface area contributed by atoms with Crippen molar-refractivity contribution in [2.75, 3.05) is 0 Å². The van der Waals surface area contributed by atoms with E-state index < -0.39 is 0 Å². The van der Waals surface area contributed by atoms with Crippen molar-refractivity contribution in [3.05, 3.63) is 36.4 Å². The van der Waals surface area contributed by atoms with Gasteiger partial charge in [0.05, 0.1) is 6.10 Å². The second kappa shape index (κ2) is 5.35. The summed E-state index contributed by atoms with van der Waals surface area (Å²) < 4.78 is 6.09. The van der Waals surface area contributed by atoms with Gasteiger partial charge in [-0.15, -0.1) is 0 Å². The van der Waals surface area contributed by atoms with Gasteiger partial charge < -0.3 is 9.84 Å². The largest absolute Gasteiger partial charge is 0.504 e. The summed E-state index contributed by atoms with van der Waals surface area (Å²) in [5.41, 5.74) is 0. The molecule has 20 heavy (non-hydrogen) atoms. The molecule has 1 N–H and O–H groups in total. The predicted molar refractivity (Wildman–Crippen MR) is 82.2 cm³/mol. The van der Waals surface area contributed by atoms with Crippen LogP contribution in [0.15, 0.2) is 36.4 Å². The van der Waals surface area contributed by atoms with Gasteiger partial charge in [0.25, 0.3) is 0 Å². The van der Waals surface area contributed by atoms with Gasteiger partial charge in [-0.05, 0) is 54.0 Å². The van der Waals surface area contributed by atoms with Gasteiger partial charge in [0, 0.05) is 0 Å². The third kappa shape index (κ3) is 2.74. The molecule has 106 valence electrons. The number of ether oxygens (including phenoxy) is 1. The molecule has 0 bridgehead atoms. The van der Waals surface area contributed by atoms with Crippen LogP contribution in [-0.4, -0.2) is 11.2 Å². The summed E-state index contributed by atoms with van der Waals surface area (Å²) >= 11 is 0. The second-order valence-corrected chi connectivity index (χ2v) is 6.32. The predicted octanol–water partition coefficient (Wildman–Crippen LogP) is 4.75. The van der Waals surface area contributed by atoms with Crippen LogP contribution in [0.3, 0.4) is 0 Å². The van der Waals surface area contributed by atoms with Crippen molar-refractivity contribution >= 4 is 10.8 Å². The standard InChI is InChI=1S/C18H22O2/c1-12-7-13(2)9-16(8-12)20-18-11-15-6-4-3-5-14(15)10-17(18)19/h3-6,10-13,16,19H,7-9H2,1-2H3. The Labute approximate surface area is 120 Å². The Morgan fingerprint density at radius 3 is 2.20 bits per heavy atom. The van der Waals surface area contributed by atoms with E-state index in [1.165, 1.54) is 6.42 Å². The first-order valence-electron chi connectivity index (χ1n) is 7.50. The van der Waals surface area contributed by atoms with Gasteiger partial charge in [-0.3, -0.25) is 0 Å². The van der Waals surface area contributed by atoms with Gasteiger partial charge in [-0.1, -0.05) is 38.1 Å². The van der Waals surface area contributed by atoms with E-state index in [0.717, 1.165) is 23.6 Å². The van der Waals surface area contributed by atoms with E-state index in [-0.39, 0.29) is 11.9 Å². The Hall–Kier alpha value is -1.70. The van der Waals surface area contributed by atoms with Crippen LogP contribution >= 0.6 is 0 Å². The lowest BCUT2D eigenvalue weighted by Gasteiger charge is -2.31. The molecule has 2 atom stereocenters. The lowest BCUT2D eigenvalue weighted by atomic mass is 9.82. The van der Waals surface area contributed by atoms with Gasteiger partial charge in [0.15, 0.2) is 11.5 Å². The Morgan fingerprint density at radius 2 is 1.55 bits per heavy atom. The van der Waals surface area contributed by atoms with Crippen molar-refractivity contribution in [2.24, 2.45) is 11.8 Å². The minimum Gasteiger partial charge on any atom is -0.504 e. The molecule has 0 spiro atoms. The highest BCUT2D eigenvalue weighted by atomic mass is 16.5. The molecule has 0 aromatic heterocycles. The minimum atomic E-state index is 0.223. The molecular formula is C18H22O2. The molecule has 2 heteroatoms. The van der Waals surface area contributed by atoms with Crippen molar-refractivity contribution in [3.63, 3.8) is 0 Å². The van der Waals surface area contributed by atoms with Crippen LogP contribution in [0.25, 0.3) is 10.8 Å². The van der Waals surface area contributed by atoms with E-state index >= 15 is 0 Å². The molecule has 0 heterocycles. The van der Waals surface area contributed by atoms with Crippen LogP contribution in [0.2, 0.25) is 0 Å². The maximum atomic E-state index is 10.1. The Balaban J connectivity index is 1.85. The Kier molecular flexibility index (Phi) is 3.56. The molecule has 2 aromatic carbocycles. The number of phenols is 1. The summed E-state index contributed by atoms with van der Waals surface area (Å²) in [6.07, 6.45) is 3.66.